The van der Waals surface area contributed by atoms with Crippen molar-refractivity contribution in [2.75, 3.05) is 0 Å². The summed E-state index contributed by atoms with van der Waals surface area (Å²) in [5.41, 5.74) is 2.63. The Morgan fingerprint density at radius 2 is 1.77 bits per heavy atom. The van der Waals surface area contributed by atoms with Crippen molar-refractivity contribution in [2.45, 2.75) is 13.8 Å². The topological polar surface area (TPSA) is 60.8 Å². The fourth-order valence-electron chi connectivity index (χ4n) is 1.87. The molecule has 0 unspecified atom stereocenters. The van der Waals surface area contributed by atoms with Gasteiger partial charge in [0.25, 0.3) is 0 Å². The number of nitrogens with zero attached hydrogens (tertiary/aromatic N) is 4. The fourth-order valence-corrected chi connectivity index (χ4v) is 1.98. The van der Waals surface area contributed by atoms with Crippen LogP contribution in [0.25, 0.3) is 11.4 Å². The van der Waals surface area contributed by atoms with E-state index in [-0.39, 0.29) is 0 Å². The van der Waals surface area contributed by atoms with Crippen LogP contribution >= 0.6 is 11.6 Å². The monoisotopic (exact) mass is 312 g/mol. The van der Waals surface area contributed by atoms with Crippen molar-refractivity contribution in [2.24, 2.45) is 0 Å². The second-order valence-corrected chi connectivity index (χ2v) is 5.10. The lowest BCUT2D eigenvalue weighted by Crippen LogP contribution is -2.00. The molecule has 6 heteroatoms. The van der Waals surface area contributed by atoms with Gasteiger partial charge in [0.2, 0.25) is 5.88 Å². The van der Waals surface area contributed by atoms with Gasteiger partial charge in [-0.3, -0.25) is 4.98 Å². The first kappa shape index (κ1) is 14.4. The molecule has 110 valence electrons. The molecule has 3 heterocycles. The summed E-state index contributed by atoms with van der Waals surface area (Å²) in [6.45, 7) is 3.85. The number of aryl methyl sites for hydroxylation is 1. The third-order valence-electron chi connectivity index (χ3n) is 3.20. The highest BCUT2D eigenvalue weighted by Gasteiger charge is 2.12. The van der Waals surface area contributed by atoms with Gasteiger partial charge in [-0.1, -0.05) is 11.6 Å². The van der Waals surface area contributed by atoms with Crippen LogP contribution in [0.2, 0.25) is 5.15 Å². The highest BCUT2D eigenvalue weighted by molar-refractivity contribution is 6.29. The lowest BCUT2D eigenvalue weighted by atomic mass is 10.2. The maximum atomic E-state index is 5.82. The van der Waals surface area contributed by atoms with Crippen LogP contribution in [-0.2, 0) is 0 Å². The van der Waals surface area contributed by atoms with Gasteiger partial charge in [-0.2, -0.15) is 4.98 Å². The molecule has 5 nitrogen and oxygen atoms in total. The second kappa shape index (κ2) is 6.07. The van der Waals surface area contributed by atoms with Crippen molar-refractivity contribution in [3.63, 3.8) is 0 Å². The number of aromatic nitrogens is 4. The van der Waals surface area contributed by atoms with Crippen LogP contribution in [-0.4, -0.2) is 19.9 Å². The molecule has 3 aromatic heterocycles. The van der Waals surface area contributed by atoms with Crippen LogP contribution < -0.4 is 4.74 Å². The molecule has 0 aliphatic heterocycles. The summed E-state index contributed by atoms with van der Waals surface area (Å²) in [5, 5.41) is 0.417. The molecular formula is C16H13ClN4O. The summed E-state index contributed by atoms with van der Waals surface area (Å²) >= 11 is 5.78. The van der Waals surface area contributed by atoms with E-state index < -0.39 is 0 Å². The molecule has 0 aromatic carbocycles. The third-order valence-corrected chi connectivity index (χ3v) is 3.42. The van der Waals surface area contributed by atoms with E-state index in [2.05, 4.69) is 19.9 Å². The SMILES string of the molecule is Cc1nc(-c2ccncc2)nc(Oc2ccc(Cl)nc2)c1C. The number of pyridine rings is 2. The minimum absolute atomic E-state index is 0.417. The Labute approximate surface area is 133 Å². The summed E-state index contributed by atoms with van der Waals surface area (Å²) in [4.78, 5) is 17.0. The molecule has 0 bridgehead atoms. The Balaban J connectivity index is 2.00. The fraction of sp³-hybridized carbons (Fsp3) is 0.125. The van der Waals surface area contributed by atoms with E-state index in [0.717, 1.165) is 16.8 Å². The Kier molecular flexibility index (Phi) is 3.98. The van der Waals surface area contributed by atoms with Crippen molar-refractivity contribution >= 4 is 11.6 Å². The van der Waals surface area contributed by atoms with E-state index in [1.165, 1.54) is 0 Å². The van der Waals surface area contributed by atoms with Crippen molar-refractivity contribution in [3.05, 3.63) is 59.3 Å². The van der Waals surface area contributed by atoms with Crippen LogP contribution in [0, 0.1) is 13.8 Å². The van der Waals surface area contributed by atoms with Gasteiger partial charge in [-0.15, -0.1) is 0 Å². The van der Waals surface area contributed by atoms with E-state index in [0.29, 0.717) is 22.6 Å². The molecule has 0 aliphatic carbocycles. The van der Waals surface area contributed by atoms with Crippen LogP contribution in [0.4, 0.5) is 0 Å². The maximum Gasteiger partial charge on any atom is 0.226 e. The standard InChI is InChI=1S/C16H13ClN4O/c1-10-11(2)20-15(12-5-7-18-8-6-12)21-16(10)22-13-3-4-14(17)19-9-13/h3-9H,1-2H3. The molecule has 22 heavy (non-hydrogen) atoms. The second-order valence-electron chi connectivity index (χ2n) is 4.72. The van der Waals surface area contributed by atoms with E-state index >= 15 is 0 Å². The molecule has 0 atom stereocenters. The Morgan fingerprint density at radius 1 is 1.00 bits per heavy atom. The lowest BCUT2D eigenvalue weighted by molar-refractivity contribution is 0.455. The summed E-state index contributed by atoms with van der Waals surface area (Å²) in [6.07, 6.45) is 4.97. The van der Waals surface area contributed by atoms with Crippen molar-refractivity contribution in [1.82, 2.24) is 19.9 Å². The Hall–Kier alpha value is -2.53. The molecule has 0 amide bonds. The smallest absolute Gasteiger partial charge is 0.226 e. The molecule has 0 spiro atoms. The molecule has 3 aromatic rings. The van der Waals surface area contributed by atoms with Crippen LogP contribution in [0.15, 0.2) is 42.9 Å². The lowest BCUT2D eigenvalue weighted by Gasteiger charge is -2.11. The van der Waals surface area contributed by atoms with Crippen LogP contribution in [0.1, 0.15) is 11.3 Å². The van der Waals surface area contributed by atoms with Crippen LogP contribution in [0.3, 0.4) is 0 Å². The molecule has 3 rings (SSSR count). The van der Waals surface area contributed by atoms with Crippen LogP contribution in [0.5, 0.6) is 11.6 Å². The zero-order valence-corrected chi connectivity index (χ0v) is 12.9. The van der Waals surface area contributed by atoms with E-state index in [9.17, 15) is 0 Å². The van der Waals surface area contributed by atoms with Gasteiger partial charge in [0, 0.05) is 29.2 Å². The van der Waals surface area contributed by atoms with Crippen molar-refractivity contribution < 1.29 is 4.74 Å². The Bertz CT molecular complexity index is 791. The number of halogens is 1. The maximum absolute atomic E-state index is 5.82. The molecule has 0 saturated heterocycles. The molecular weight excluding hydrogens is 300 g/mol. The Morgan fingerprint density at radius 3 is 2.45 bits per heavy atom. The van der Waals surface area contributed by atoms with Gasteiger partial charge in [0.1, 0.15) is 10.9 Å². The quantitative estimate of drug-likeness (QED) is 0.684. The zero-order valence-electron chi connectivity index (χ0n) is 12.1. The van der Waals surface area contributed by atoms with Gasteiger partial charge >= 0.3 is 0 Å². The molecule has 0 aliphatic rings. The van der Waals surface area contributed by atoms with E-state index in [1.54, 1.807) is 30.7 Å². The average molecular weight is 313 g/mol. The van der Waals surface area contributed by atoms with E-state index in [1.807, 2.05) is 26.0 Å². The van der Waals surface area contributed by atoms with E-state index in [4.69, 9.17) is 16.3 Å². The average Bonchev–Trinajstić information content (AvgIpc) is 2.54. The summed E-state index contributed by atoms with van der Waals surface area (Å²) in [7, 11) is 0. The van der Waals surface area contributed by atoms with Gasteiger partial charge in [0.05, 0.1) is 6.20 Å². The van der Waals surface area contributed by atoms with Gasteiger partial charge < -0.3 is 4.74 Å². The minimum atomic E-state index is 0.417. The predicted molar refractivity (Wildman–Crippen MR) is 84.1 cm³/mol. The molecule has 0 N–H and O–H groups in total. The minimum Gasteiger partial charge on any atom is -0.437 e. The van der Waals surface area contributed by atoms with Gasteiger partial charge in [0.15, 0.2) is 5.82 Å². The van der Waals surface area contributed by atoms with Crippen molar-refractivity contribution in [1.29, 1.82) is 0 Å². The largest absolute Gasteiger partial charge is 0.437 e. The van der Waals surface area contributed by atoms with Crippen molar-refractivity contribution in [3.8, 4) is 23.0 Å². The van der Waals surface area contributed by atoms with Gasteiger partial charge in [-0.05, 0) is 38.1 Å². The zero-order chi connectivity index (χ0) is 15.5. The number of hydrogen-bond donors (Lipinski definition) is 0. The molecule has 0 saturated carbocycles. The van der Waals surface area contributed by atoms with Gasteiger partial charge in [-0.25, -0.2) is 9.97 Å². The molecule has 0 fully saturated rings. The third kappa shape index (κ3) is 3.04. The highest BCUT2D eigenvalue weighted by atomic mass is 35.5. The predicted octanol–water partition coefficient (Wildman–Crippen LogP) is 4.00. The highest BCUT2D eigenvalue weighted by Crippen LogP contribution is 2.27. The summed E-state index contributed by atoms with van der Waals surface area (Å²) in [6, 6.07) is 7.14. The first-order chi connectivity index (χ1) is 10.6. The first-order valence-corrected chi connectivity index (χ1v) is 7.06. The first-order valence-electron chi connectivity index (χ1n) is 6.68. The number of hydrogen-bond acceptors (Lipinski definition) is 5. The summed E-state index contributed by atoms with van der Waals surface area (Å²) in [5.74, 6) is 1.68. The number of rotatable bonds is 3. The summed E-state index contributed by atoms with van der Waals surface area (Å²) < 4.78 is 5.82. The number of ether oxygens (including phenoxy) is 1. The normalized spacial score (nSPS) is 10.5. The molecule has 0 radical (unpaired) electrons.